The molecule has 2 fully saturated rings. The normalized spacial score (nSPS) is 19.6. The summed E-state index contributed by atoms with van der Waals surface area (Å²) in [5.41, 5.74) is 4.82. The van der Waals surface area contributed by atoms with Gasteiger partial charge in [-0.25, -0.2) is 9.50 Å². The van der Waals surface area contributed by atoms with Crippen LogP contribution in [0, 0.1) is 0 Å². The molecule has 1 saturated carbocycles. The molecule has 8 heteroatoms. The highest BCUT2D eigenvalue weighted by molar-refractivity contribution is 6.09. The van der Waals surface area contributed by atoms with Crippen molar-refractivity contribution in [3.05, 3.63) is 47.4 Å². The van der Waals surface area contributed by atoms with Gasteiger partial charge in [0.05, 0.1) is 30.8 Å². The number of hydrogen-bond acceptors (Lipinski definition) is 6. The summed E-state index contributed by atoms with van der Waals surface area (Å²) in [5.74, 6) is 1.27. The number of amides is 1. The Kier molecular flexibility index (Phi) is 4.40. The SMILES string of the molecule is CC1(C)Cc2cc(NC(=O)c3cnn4cc(C5CC5)cnc34)c(N3CCOCC3)cc2O1. The quantitative estimate of drug-likeness (QED) is 0.679. The van der Waals surface area contributed by atoms with Gasteiger partial charge in [-0.3, -0.25) is 4.79 Å². The molecule has 0 radical (unpaired) electrons. The van der Waals surface area contributed by atoms with Crippen LogP contribution in [-0.4, -0.2) is 52.4 Å². The van der Waals surface area contributed by atoms with Crippen LogP contribution in [-0.2, 0) is 11.2 Å². The summed E-state index contributed by atoms with van der Waals surface area (Å²) in [5, 5.41) is 7.53. The van der Waals surface area contributed by atoms with E-state index in [1.807, 2.05) is 12.4 Å². The molecule has 166 valence electrons. The largest absolute Gasteiger partial charge is 0.487 e. The maximum absolute atomic E-state index is 13.3. The van der Waals surface area contributed by atoms with Crippen LogP contribution in [0.3, 0.4) is 0 Å². The van der Waals surface area contributed by atoms with Crippen molar-refractivity contribution in [1.29, 1.82) is 0 Å². The molecule has 3 aromatic rings. The molecule has 1 saturated heterocycles. The van der Waals surface area contributed by atoms with E-state index in [2.05, 4.69) is 46.3 Å². The van der Waals surface area contributed by atoms with Gasteiger partial charge in [0.25, 0.3) is 5.91 Å². The van der Waals surface area contributed by atoms with Crippen molar-refractivity contribution in [2.24, 2.45) is 0 Å². The van der Waals surface area contributed by atoms with E-state index in [9.17, 15) is 4.79 Å². The van der Waals surface area contributed by atoms with Crippen LogP contribution < -0.4 is 15.0 Å². The molecule has 4 heterocycles. The summed E-state index contributed by atoms with van der Waals surface area (Å²) < 4.78 is 13.4. The van der Waals surface area contributed by atoms with E-state index in [4.69, 9.17) is 9.47 Å². The predicted molar refractivity (Wildman–Crippen MR) is 121 cm³/mol. The molecule has 1 aromatic carbocycles. The third-order valence-electron chi connectivity index (χ3n) is 6.45. The minimum Gasteiger partial charge on any atom is -0.487 e. The lowest BCUT2D eigenvalue weighted by Gasteiger charge is -2.31. The first-order valence-electron chi connectivity index (χ1n) is 11.3. The van der Waals surface area contributed by atoms with Crippen molar-refractivity contribution in [2.45, 2.75) is 44.6 Å². The molecule has 32 heavy (non-hydrogen) atoms. The van der Waals surface area contributed by atoms with Gasteiger partial charge in [0.15, 0.2) is 5.65 Å². The zero-order valence-corrected chi connectivity index (χ0v) is 18.4. The summed E-state index contributed by atoms with van der Waals surface area (Å²) in [6.07, 6.45) is 8.67. The smallest absolute Gasteiger partial charge is 0.261 e. The number of anilines is 2. The van der Waals surface area contributed by atoms with Gasteiger partial charge in [-0.1, -0.05) is 0 Å². The lowest BCUT2D eigenvalue weighted by Crippen LogP contribution is -2.36. The number of nitrogens with one attached hydrogen (secondary N) is 1. The van der Waals surface area contributed by atoms with Gasteiger partial charge in [-0.05, 0) is 44.2 Å². The van der Waals surface area contributed by atoms with Gasteiger partial charge in [-0.15, -0.1) is 0 Å². The van der Waals surface area contributed by atoms with Crippen LogP contribution in [0.1, 0.15) is 54.1 Å². The molecule has 0 spiro atoms. The average Bonchev–Trinajstić information content (AvgIpc) is 3.46. The number of aromatic nitrogens is 3. The Hall–Kier alpha value is -3.13. The fraction of sp³-hybridized carbons (Fsp3) is 0.458. The van der Waals surface area contributed by atoms with E-state index >= 15 is 0 Å². The Balaban J connectivity index is 1.34. The lowest BCUT2D eigenvalue weighted by atomic mass is 10.0. The van der Waals surface area contributed by atoms with E-state index < -0.39 is 0 Å². The molecule has 8 nitrogen and oxygen atoms in total. The number of ether oxygens (including phenoxy) is 2. The molecule has 6 rings (SSSR count). The van der Waals surface area contributed by atoms with Gasteiger partial charge in [0.2, 0.25) is 0 Å². The maximum Gasteiger partial charge on any atom is 0.261 e. The zero-order valence-electron chi connectivity index (χ0n) is 18.4. The standard InChI is InChI=1S/C24H27N5O3/c1-24(2)11-16-9-19(20(10-21(16)32-24)28-5-7-31-8-6-28)27-23(30)18-13-26-29-14-17(15-3-4-15)12-25-22(18)29/h9-10,12-15H,3-8,11H2,1-2H3,(H,27,30). The maximum atomic E-state index is 13.3. The van der Waals surface area contributed by atoms with Crippen LogP contribution in [0.2, 0.25) is 0 Å². The number of nitrogens with zero attached hydrogens (tertiary/aromatic N) is 4. The third kappa shape index (κ3) is 3.48. The Morgan fingerprint density at radius 3 is 2.78 bits per heavy atom. The van der Waals surface area contributed by atoms with Gasteiger partial charge in [0.1, 0.15) is 16.9 Å². The summed E-state index contributed by atoms with van der Waals surface area (Å²) in [6.45, 7) is 7.04. The predicted octanol–water partition coefficient (Wildman–Crippen LogP) is 3.41. The number of benzene rings is 1. The Labute approximate surface area is 186 Å². The fourth-order valence-electron chi connectivity index (χ4n) is 4.67. The second-order valence-electron chi connectivity index (χ2n) is 9.56. The van der Waals surface area contributed by atoms with Crippen LogP contribution >= 0.6 is 0 Å². The molecule has 0 bridgehead atoms. The molecule has 1 N–H and O–H groups in total. The van der Waals surface area contributed by atoms with Crippen molar-refractivity contribution in [3.8, 4) is 5.75 Å². The molecular weight excluding hydrogens is 406 g/mol. The van der Waals surface area contributed by atoms with E-state index in [0.717, 1.165) is 42.2 Å². The van der Waals surface area contributed by atoms with Crippen molar-refractivity contribution >= 4 is 22.9 Å². The van der Waals surface area contributed by atoms with E-state index in [-0.39, 0.29) is 11.5 Å². The number of morpholine rings is 1. The number of carbonyl (C=O) groups is 1. The summed E-state index contributed by atoms with van der Waals surface area (Å²) in [7, 11) is 0. The fourth-order valence-corrected chi connectivity index (χ4v) is 4.67. The van der Waals surface area contributed by atoms with E-state index in [1.165, 1.54) is 18.4 Å². The Morgan fingerprint density at radius 1 is 1.19 bits per heavy atom. The molecule has 0 atom stereocenters. The van der Waals surface area contributed by atoms with Crippen molar-refractivity contribution in [1.82, 2.24) is 14.6 Å². The van der Waals surface area contributed by atoms with Gasteiger partial charge in [-0.2, -0.15) is 5.10 Å². The molecule has 0 unspecified atom stereocenters. The summed E-state index contributed by atoms with van der Waals surface area (Å²) >= 11 is 0. The molecule has 2 aromatic heterocycles. The van der Waals surface area contributed by atoms with Crippen LogP contribution in [0.15, 0.2) is 30.7 Å². The first-order valence-corrected chi connectivity index (χ1v) is 11.3. The highest BCUT2D eigenvalue weighted by Gasteiger charge is 2.32. The number of rotatable bonds is 4. The summed E-state index contributed by atoms with van der Waals surface area (Å²) in [4.78, 5) is 20.1. The molecule has 2 aliphatic heterocycles. The molecular formula is C24H27N5O3. The van der Waals surface area contributed by atoms with Gasteiger partial charge < -0.3 is 19.7 Å². The van der Waals surface area contributed by atoms with E-state index in [1.54, 1.807) is 10.7 Å². The minimum absolute atomic E-state index is 0.209. The average molecular weight is 434 g/mol. The first kappa shape index (κ1) is 19.5. The van der Waals surface area contributed by atoms with Gasteiger partial charge >= 0.3 is 0 Å². The second-order valence-corrected chi connectivity index (χ2v) is 9.56. The highest BCUT2D eigenvalue weighted by atomic mass is 16.5. The summed E-state index contributed by atoms with van der Waals surface area (Å²) in [6, 6.07) is 4.11. The van der Waals surface area contributed by atoms with Crippen molar-refractivity contribution in [3.63, 3.8) is 0 Å². The Morgan fingerprint density at radius 2 is 2.00 bits per heavy atom. The van der Waals surface area contributed by atoms with Crippen molar-refractivity contribution in [2.75, 3.05) is 36.5 Å². The number of fused-ring (bicyclic) bond motifs is 2. The molecule has 1 aliphatic carbocycles. The van der Waals surface area contributed by atoms with Crippen molar-refractivity contribution < 1.29 is 14.3 Å². The number of hydrogen-bond donors (Lipinski definition) is 1. The van der Waals surface area contributed by atoms with Crippen LogP contribution in [0.25, 0.3) is 5.65 Å². The zero-order chi connectivity index (χ0) is 21.9. The van der Waals surface area contributed by atoms with Gasteiger partial charge in [0, 0.05) is 43.5 Å². The van der Waals surface area contributed by atoms with Crippen LogP contribution in [0.5, 0.6) is 5.75 Å². The highest BCUT2D eigenvalue weighted by Crippen LogP contribution is 2.42. The third-order valence-corrected chi connectivity index (χ3v) is 6.45. The van der Waals surface area contributed by atoms with Crippen LogP contribution in [0.4, 0.5) is 11.4 Å². The number of carbonyl (C=O) groups excluding carboxylic acids is 1. The second kappa shape index (κ2) is 7.20. The molecule has 1 amide bonds. The topological polar surface area (TPSA) is 81.0 Å². The Bertz CT molecular complexity index is 1210. The van der Waals surface area contributed by atoms with E-state index in [0.29, 0.717) is 30.3 Å². The molecule has 3 aliphatic rings. The minimum atomic E-state index is -0.251. The lowest BCUT2D eigenvalue weighted by molar-refractivity contribution is 0.102. The monoisotopic (exact) mass is 433 g/mol. The first-order chi connectivity index (χ1) is 15.5.